The van der Waals surface area contributed by atoms with Crippen molar-refractivity contribution in [2.75, 3.05) is 13.1 Å². The van der Waals surface area contributed by atoms with Crippen molar-refractivity contribution in [1.82, 2.24) is 4.90 Å². The van der Waals surface area contributed by atoms with Crippen LogP contribution in [0.5, 0.6) is 0 Å². The lowest BCUT2D eigenvalue weighted by molar-refractivity contribution is 0.103. The zero-order valence-electron chi connectivity index (χ0n) is 15.6. The minimum absolute atomic E-state index is 0.150. The highest BCUT2D eigenvalue weighted by molar-refractivity contribution is 6.10. The summed E-state index contributed by atoms with van der Waals surface area (Å²) in [6.45, 7) is 4.62. The van der Waals surface area contributed by atoms with Crippen molar-refractivity contribution in [3.05, 3.63) is 83.2 Å². The molecule has 1 fully saturated rings. The van der Waals surface area contributed by atoms with Gasteiger partial charge in [-0.05, 0) is 67.3 Å². The fourth-order valence-corrected chi connectivity index (χ4v) is 3.99. The number of hydrogen-bond acceptors (Lipinski definition) is 2. The highest BCUT2D eigenvalue weighted by Crippen LogP contribution is 2.22. The number of carbonyl (C=O) groups excluding carboxylic acids is 1. The second kappa shape index (κ2) is 7.61. The lowest BCUT2D eigenvalue weighted by atomic mass is 9.98. The van der Waals surface area contributed by atoms with E-state index in [-0.39, 0.29) is 5.78 Å². The van der Waals surface area contributed by atoms with Gasteiger partial charge < -0.3 is 4.90 Å². The maximum absolute atomic E-state index is 13.4. The lowest BCUT2D eigenvalue weighted by Gasteiger charge is -2.20. The highest BCUT2D eigenvalue weighted by Gasteiger charge is 2.19. The molecule has 0 amide bonds. The fraction of sp³-hybridized carbons (Fsp3) is 0.292. The van der Waals surface area contributed by atoms with Crippen LogP contribution in [-0.4, -0.2) is 29.8 Å². The lowest BCUT2D eigenvalue weighted by Crippen LogP contribution is -2.28. The van der Waals surface area contributed by atoms with E-state index in [2.05, 4.69) is 30.0 Å². The molecule has 0 unspecified atom stereocenters. The molecule has 27 heavy (non-hydrogen) atoms. The van der Waals surface area contributed by atoms with E-state index < -0.39 is 5.82 Å². The zero-order valence-corrected chi connectivity index (χ0v) is 15.6. The standard InChI is InChI=1S/C24H24FNO/c1-17-4-3-12-26(17)13-11-18-7-8-20-15-22(10-9-19(20)14-18)24(27)21-5-2-6-23(25)16-21/h2,5-10,14-17H,3-4,11-13H2,1H3/t17-/m1/s1. The van der Waals surface area contributed by atoms with Gasteiger partial charge in [-0.1, -0.05) is 42.5 Å². The molecule has 3 aromatic rings. The molecule has 138 valence electrons. The van der Waals surface area contributed by atoms with E-state index in [0.717, 1.165) is 23.7 Å². The van der Waals surface area contributed by atoms with Gasteiger partial charge in [0.15, 0.2) is 5.78 Å². The minimum Gasteiger partial charge on any atom is -0.300 e. The molecule has 0 radical (unpaired) electrons. The number of benzene rings is 3. The summed E-state index contributed by atoms with van der Waals surface area (Å²) < 4.78 is 13.4. The number of ketones is 1. The van der Waals surface area contributed by atoms with Crippen molar-refractivity contribution in [3.63, 3.8) is 0 Å². The van der Waals surface area contributed by atoms with Gasteiger partial charge in [-0.2, -0.15) is 0 Å². The Kier molecular flexibility index (Phi) is 5.04. The minimum atomic E-state index is -0.390. The first-order valence-corrected chi connectivity index (χ1v) is 9.67. The maximum Gasteiger partial charge on any atom is 0.193 e. The molecule has 2 nitrogen and oxygen atoms in total. The van der Waals surface area contributed by atoms with E-state index in [1.807, 2.05) is 18.2 Å². The van der Waals surface area contributed by atoms with E-state index in [9.17, 15) is 9.18 Å². The van der Waals surface area contributed by atoms with Crippen molar-refractivity contribution >= 4 is 16.6 Å². The molecular formula is C24H24FNO. The number of rotatable bonds is 5. The molecule has 1 aliphatic heterocycles. The highest BCUT2D eigenvalue weighted by atomic mass is 19.1. The van der Waals surface area contributed by atoms with Gasteiger partial charge in [0.25, 0.3) is 0 Å². The smallest absolute Gasteiger partial charge is 0.193 e. The Hall–Kier alpha value is -2.52. The van der Waals surface area contributed by atoms with E-state index >= 15 is 0 Å². The Labute approximate surface area is 159 Å². The Balaban J connectivity index is 1.52. The Morgan fingerprint density at radius 3 is 2.59 bits per heavy atom. The van der Waals surface area contributed by atoms with E-state index in [1.165, 1.54) is 37.1 Å². The van der Waals surface area contributed by atoms with E-state index in [0.29, 0.717) is 17.2 Å². The third-order valence-electron chi connectivity index (χ3n) is 5.63. The Morgan fingerprint density at radius 2 is 1.81 bits per heavy atom. The molecular weight excluding hydrogens is 337 g/mol. The second-order valence-electron chi connectivity index (χ2n) is 7.51. The normalized spacial score (nSPS) is 17.5. The summed E-state index contributed by atoms with van der Waals surface area (Å²) in [7, 11) is 0. The third-order valence-corrected chi connectivity index (χ3v) is 5.63. The fourth-order valence-electron chi connectivity index (χ4n) is 3.99. The summed E-state index contributed by atoms with van der Waals surface area (Å²) in [6.07, 6.45) is 3.66. The quantitative estimate of drug-likeness (QED) is 0.580. The summed E-state index contributed by atoms with van der Waals surface area (Å²) >= 11 is 0. The number of fused-ring (bicyclic) bond motifs is 1. The van der Waals surface area contributed by atoms with Gasteiger partial charge in [-0.3, -0.25) is 4.79 Å². The molecule has 1 saturated heterocycles. The van der Waals surface area contributed by atoms with Crippen molar-refractivity contribution in [2.45, 2.75) is 32.2 Å². The number of halogens is 1. The van der Waals surface area contributed by atoms with Crippen LogP contribution in [0.15, 0.2) is 60.7 Å². The average molecular weight is 361 g/mol. The van der Waals surface area contributed by atoms with Gasteiger partial charge >= 0.3 is 0 Å². The summed E-state index contributed by atoms with van der Waals surface area (Å²) in [5.74, 6) is -0.540. The van der Waals surface area contributed by atoms with Crippen LogP contribution in [0, 0.1) is 5.82 Å². The topological polar surface area (TPSA) is 20.3 Å². The average Bonchev–Trinajstić information content (AvgIpc) is 3.10. The van der Waals surface area contributed by atoms with Gasteiger partial charge in [-0.15, -0.1) is 0 Å². The SMILES string of the molecule is C[C@@H]1CCCN1CCc1ccc2cc(C(=O)c3cccc(F)c3)ccc2c1. The van der Waals surface area contributed by atoms with Gasteiger partial charge in [0.2, 0.25) is 0 Å². The zero-order chi connectivity index (χ0) is 18.8. The molecule has 0 bridgehead atoms. The molecule has 1 atom stereocenters. The molecule has 3 heteroatoms. The number of carbonyl (C=O) groups is 1. The van der Waals surface area contributed by atoms with Crippen molar-refractivity contribution in [3.8, 4) is 0 Å². The third kappa shape index (κ3) is 3.93. The van der Waals surface area contributed by atoms with Gasteiger partial charge in [-0.25, -0.2) is 4.39 Å². The monoisotopic (exact) mass is 361 g/mol. The van der Waals surface area contributed by atoms with Crippen LogP contribution in [0.2, 0.25) is 0 Å². The summed E-state index contributed by atoms with van der Waals surface area (Å²) in [5, 5.41) is 2.17. The molecule has 0 saturated carbocycles. The molecule has 1 aliphatic rings. The van der Waals surface area contributed by atoms with Crippen LogP contribution in [0.1, 0.15) is 41.3 Å². The van der Waals surface area contributed by atoms with Gasteiger partial charge in [0, 0.05) is 23.7 Å². The van der Waals surface area contributed by atoms with Crippen LogP contribution in [0.25, 0.3) is 10.8 Å². The molecule has 4 rings (SSSR count). The first-order valence-electron chi connectivity index (χ1n) is 9.67. The van der Waals surface area contributed by atoms with Crippen molar-refractivity contribution in [1.29, 1.82) is 0 Å². The van der Waals surface area contributed by atoms with Gasteiger partial charge in [0.1, 0.15) is 5.82 Å². The first-order chi connectivity index (χ1) is 13.1. The van der Waals surface area contributed by atoms with E-state index in [1.54, 1.807) is 12.1 Å². The maximum atomic E-state index is 13.4. The number of nitrogens with zero attached hydrogens (tertiary/aromatic N) is 1. The molecule has 3 aromatic carbocycles. The molecule has 0 spiro atoms. The molecule has 0 aromatic heterocycles. The summed E-state index contributed by atoms with van der Waals surface area (Å²) in [5.41, 5.74) is 2.29. The summed E-state index contributed by atoms with van der Waals surface area (Å²) in [4.78, 5) is 15.2. The van der Waals surface area contributed by atoms with Crippen LogP contribution in [0.3, 0.4) is 0 Å². The summed E-state index contributed by atoms with van der Waals surface area (Å²) in [6, 6.07) is 18.7. The Bertz CT molecular complexity index is 981. The molecule has 0 aliphatic carbocycles. The Morgan fingerprint density at radius 1 is 1.04 bits per heavy atom. The molecule has 1 heterocycles. The van der Waals surface area contributed by atoms with Gasteiger partial charge in [0.05, 0.1) is 0 Å². The van der Waals surface area contributed by atoms with Crippen LogP contribution in [-0.2, 0) is 6.42 Å². The van der Waals surface area contributed by atoms with Crippen LogP contribution in [0.4, 0.5) is 4.39 Å². The van der Waals surface area contributed by atoms with E-state index in [4.69, 9.17) is 0 Å². The van der Waals surface area contributed by atoms with Crippen molar-refractivity contribution < 1.29 is 9.18 Å². The van der Waals surface area contributed by atoms with Crippen molar-refractivity contribution in [2.24, 2.45) is 0 Å². The number of likely N-dealkylation sites (tertiary alicyclic amines) is 1. The van der Waals surface area contributed by atoms with Crippen LogP contribution < -0.4 is 0 Å². The number of hydrogen-bond donors (Lipinski definition) is 0. The predicted octanol–water partition coefficient (Wildman–Crippen LogP) is 5.24. The largest absolute Gasteiger partial charge is 0.300 e. The second-order valence-corrected chi connectivity index (χ2v) is 7.51. The predicted molar refractivity (Wildman–Crippen MR) is 108 cm³/mol. The van der Waals surface area contributed by atoms with Crippen LogP contribution >= 0.6 is 0 Å². The molecule has 0 N–H and O–H groups in total. The first kappa shape index (κ1) is 17.9.